The van der Waals surface area contributed by atoms with Crippen LogP contribution in [0, 0.1) is 0 Å². The van der Waals surface area contributed by atoms with Gasteiger partial charge in [0.2, 0.25) is 0 Å². The standard InChI is InChI=1S/C12H12ClNO3S/c13-9-3-1-8(2-4-9)12(6-5-10(15)16)7-17-11(18)14-12/h1-4H,5-7H2,(H,14,18)(H,15,16). The van der Waals surface area contributed by atoms with Gasteiger partial charge in [0.25, 0.3) is 5.17 Å². The number of aliphatic carboxylic acids is 1. The Hall–Kier alpha value is -1.33. The van der Waals surface area contributed by atoms with Crippen molar-refractivity contribution in [2.75, 3.05) is 6.61 Å². The Kier molecular flexibility index (Phi) is 3.73. The summed E-state index contributed by atoms with van der Waals surface area (Å²) in [6, 6.07) is 7.24. The summed E-state index contributed by atoms with van der Waals surface area (Å²) in [6.07, 6.45) is 0.450. The fraction of sp³-hybridized carbons (Fsp3) is 0.333. The first kappa shape index (κ1) is 13.1. The first-order valence-electron chi connectivity index (χ1n) is 5.45. The highest BCUT2D eigenvalue weighted by Gasteiger charge is 2.39. The molecule has 1 aromatic carbocycles. The molecule has 4 nitrogen and oxygen atoms in total. The molecule has 1 saturated heterocycles. The minimum absolute atomic E-state index is 0.0433. The maximum absolute atomic E-state index is 10.7. The van der Waals surface area contributed by atoms with Crippen LogP contribution in [0.2, 0.25) is 5.02 Å². The molecule has 0 aromatic heterocycles. The molecule has 0 spiro atoms. The molecule has 1 aliphatic heterocycles. The highest BCUT2D eigenvalue weighted by Crippen LogP contribution is 2.31. The van der Waals surface area contributed by atoms with E-state index in [1.165, 1.54) is 0 Å². The number of benzene rings is 1. The van der Waals surface area contributed by atoms with Crippen molar-refractivity contribution in [1.82, 2.24) is 5.32 Å². The van der Waals surface area contributed by atoms with Crippen molar-refractivity contribution >= 4 is 35.0 Å². The zero-order chi connectivity index (χ0) is 13.2. The van der Waals surface area contributed by atoms with Crippen LogP contribution >= 0.6 is 23.8 Å². The molecule has 1 unspecified atom stereocenters. The highest BCUT2D eigenvalue weighted by atomic mass is 35.5. The summed E-state index contributed by atoms with van der Waals surface area (Å²) in [5, 5.41) is 12.8. The van der Waals surface area contributed by atoms with Crippen LogP contribution in [0.5, 0.6) is 0 Å². The van der Waals surface area contributed by atoms with E-state index < -0.39 is 11.5 Å². The fourth-order valence-electron chi connectivity index (χ4n) is 1.98. The normalized spacial score (nSPS) is 22.4. The van der Waals surface area contributed by atoms with Crippen LogP contribution in [0.25, 0.3) is 0 Å². The van der Waals surface area contributed by atoms with Crippen molar-refractivity contribution in [3.05, 3.63) is 34.9 Å². The third-order valence-electron chi connectivity index (χ3n) is 2.95. The molecule has 1 aliphatic rings. The fourth-order valence-corrected chi connectivity index (χ4v) is 2.36. The lowest BCUT2D eigenvalue weighted by Crippen LogP contribution is -2.40. The monoisotopic (exact) mass is 285 g/mol. The van der Waals surface area contributed by atoms with Crippen molar-refractivity contribution in [2.45, 2.75) is 18.4 Å². The van der Waals surface area contributed by atoms with Crippen molar-refractivity contribution in [3.63, 3.8) is 0 Å². The van der Waals surface area contributed by atoms with Gasteiger partial charge in [0, 0.05) is 11.4 Å². The maximum Gasteiger partial charge on any atom is 0.303 e. The van der Waals surface area contributed by atoms with Crippen molar-refractivity contribution in [1.29, 1.82) is 0 Å². The van der Waals surface area contributed by atoms with E-state index in [-0.39, 0.29) is 6.42 Å². The molecule has 0 amide bonds. The lowest BCUT2D eigenvalue weighted by molar-refractivity contribution is -0.137. The second-order valence-electron chi connectivity index (χ2n) is 4.18. The molecule has 1 atom stereocenters. The third-order valence-corrected chi connectivity index (χ3v) is 3.43. The third kappa shape index (κ3) is 2.73. The molecule has 2 N–H and O–H groups in total. The van der Waals surface area contributed by atoms with Gasteiger partial charge < -0.3 is 15.2 Å². The minimum atomic E-state index is -0.844. The predicted molar refractivity (Wildman–Crippen MR) is 71.7 cm³/mol. The Labute approximate surface area is 115 Å². The predicted octanol–water partition coefficient (Wildman–Crippen LogP) is 2.30. The van der Waals surface area contributed by atoms with E-state index >= 15 is 0 Å². The molecular weight excluding hydrogens is 274 g/mol. The van der Waals surface area contributed by atoms with Gasteiger partial charge in [-0.3, -0.25) is 4.79 Å². The van der Waals surface area contributed by atoms with Crippen LogP contribution in [0.4, 0.5) is 0 Å². The van der Waals surface area contributed by atoms with Gasteiger partial charge in [-0.05, 0) is 36.3 Å². The first-order valence-corrected chi connectivity index (χ1v) is 6.23. The van der Waals surface area contributed by atoms with Crippen molar-refractivity contribution in [2.24, 2.45) is 0 Å². The van der Waals surface area contributed by atoms with E-state index in [0.717, 1.165) is 5.56 Å². The van der Waals surface area contributed by atoms with E-state index in [4.69, 9.17) is 33.7 Å². The second kappa shape index (κ2) is 5.12. The highest BCUT2D eigenvalue weighted by molar-refractivity contribution is 7.80. The lowest BCUT2D eigenvalue weighted by Gasteiger charge is -2.27. The number of nitrogens with one attached hydrogen (secondary N) is 1. The topological polar surface area (TPSA) is 58.6 Å². The van der Waals surface area contributed by atoms with Crippen LogP contribution in [-0.4, -0.2) is 22.9 Å². The number of carboxylic acid groups (broad SMARTS) is 1. The maximum atomic E-state index is 10.7. The molecular formula is C12H12ClNO3S. The smallest absolute Gasteiger partial charge is 0.303 e. The Morgan fingerprint density at radius 2 is 2.17 bits per heavy atom. The summed E-state index contributed by atoms with van der Waals surface area (Å²) >= 11 is 10.8. The molecule has 0 bridgehead atoms. The van der Waals surface area contributed by atoms with Crippen LogP contribution in [0.3, 0.4) is 0 Å². The summed E-state index contributed by atoms with van der Waals surface area (Å²) in [6.45, 7) is 0.334. The molecule has 0 radical (unpaired) electrons. The number of carboxylic acids is 1. The van der Waals surface area contributed by atoms with Crippen molar-refractivity contribution < 1.29 is 14.6 Å². The van der Waals surface area contributed by atoms with Gasteiger partial charge in [0.1, 0.15) is 12.1 Å². The number of halogens is 1. The van der Waals surface area contributed by atoms with Crippen LogP contribution in [0.15, 0.2) is 24.3 Å². The van der Waals surface area contributed by atoms with Gasteiger partial charge in [-0.2, -0.15) is 0 Å². The second-order valence-corrected chi connectivity index (χ2v) is 4.99. The average molecular weight is 286 g/mol. The molecule has 1 aromatic rings. The molecule has 96 valence electrons. The van der Waals surface area contributed by atoms with E-state index in [1.54, 1.807) is 12.1 Å². The molecule has 6 heteroatoms. The SMILES string of the molecule is O=C(O)CCC1(c2ccc(Cl)cc2)COC(=S)N1. The Balaban J connectivity index is 2.27. The van der Waals surface area contributed by atoms with Gasteiger partial charge in [-0.15, -0.1) is 0 Å². The van der Waals surface area contributed by atoms with Crippen molar-refractivity contribution in [3.8, 4) is 0 Å². The Morgan fingerprint density at radius 1 is 1.50 bits per heavy atom. The molecule has 1 heterocycles. The first-order chi connectivity index (χ1) is 8.52. The van der Waals surface area contributed by atoms with Gasteiger partial charge in [0.05, 0.1) is 0 Å². The summed E-state index contributed by atoms with van der Waals surface area (Å²) < 4.78 is 5.28. The number of ether oxygens (including phenoxy) is 1. The van der Waals surface area contributed by atoms with Gasteiger partial charge >= 0.3 is 5.97 Å². The molecule has 0 aliphatic carbocycles. The zero-order valence-corrected chi connectivity index (χ0v) is 11.1. The largest absolute Gasteiger partial charge is 0.481 e. The molecule has 2 rings (SSSR count). The van der Waals surface area contributed by atoms with E-state index in [0.29, 0.717) is 23.2 Å². The number of hydrogen-bond acceptors (Lipinski definition) is 3. The summed E-state index contributed by atoms with van der Waals surface area (Å²) in [5.74, 6) is -0.844. The number of carbonyl (C=O) groups is 1. The van der Waals surface area contributed by atoms with Crippen LogP contribution in [-0.2, 0) is 15.1 Å². The molecule has 0 saturated carbocycles. The number of hydrogen-bond donors (Lipinski definition) is 2. The Morgan fingerprint density at radius 3 is 2.67 bits per heavy atom. The van der Waals surface area contributed by atoms with Crippen LogP contribution in [0.1, 0.15) is 18.4 Å². The van der Waals surface area contributed by atoms with E-state index in [9.17, 15) is 4.79 Å². The quantitative estimate of drug-likeness (QED) is 0.832. The zero-order valence-electron chi connectivity index (χ0n) is 9.48. The summed E-state index contributed by atoms with van der Waals surface area (Å²) in [5.41, 5.74) is 0.355. The minimum Gasteiger partial charge on any atom is -0.481 e. The summed E-state index contributed by atoms with van der Waals surface area (Å²) in [4.78, 5) is 10.7. The van der Waals surface area contributed by atoms with Gasteiger partial charge in [-0.25, -0.2) is 0 Å². The summed E-state index contributed by atoms with van der Waals surface area (Å²) in [7, 11) is 0. The van der Waals surface area contributed by atoms with Gasteiger partial charge in [-0.1, -0.05) is 23.7 Å². The molecule has 1 fully saturated rings. The molecule has 18 heavy (non-hydrogen) atoms. The van der Waals surface area contributed by atoms with E-state index in [2.05, 4.69) is 5.32 Å². The Bertz CT molecular complexity index is 477. The lowest BCUT2D eigenvalue weighted by atomic mass is 9.87. The number of rotatable bonds is 4. The van der Waals surface area contributed by atoms with E-state index in [1.807, 2.05) is 12.1 Å². The average Bonchev–Trinajstić information content (AvgIpc) is 2.71. The van der Waals surface area contributed by atoms with Gasteiger partial charge in [0.15, 0.2) is 0 Å². The van der Waals surface area contributed by atoms with Crippen LogP contribution < -0.4 is 5.32 Å². The number of thiocarbonyl (C=S) groups is 1.